The molecule has 11 heavy (non-hydrogen) atoms. The van der Waals surface area contributed by atoms with Crippen LogP contribution in [0.1, 0.15) is 34.1 Å². The maximum Gasteiger partial charge on any atom is 0.0595 e. The van der Waals surface area contributed by atoms with E-state index < -0.39 is 0 Å². The Bertz CT molecular complexity index is 182. The van der Waals surface area contributed by atoms with Gasteiger partial charge in [-0.2, -0.15) is 5.06 Å². The summed E-state index contributed by atoms with van der Waals surface area (Å²) in [6.45, 7) is 7.96. The van der Waals surface area contributed by atoms with E-state index in [0.29, 0.717) is 0 Å². The first-order valence-corrected chi connectivity index (χ1v) is 3.93. The van der Waals surface area contributed by atoms with Gasteiger partial charge in [0.1, 0.15) is 0 Å². The Morgan fingerprint density at radius 3 is 2.27 bits per heavy atom. The van der Waals surface area contributed by atoms with Gasteiger partial charge in [-0.3, -0.25) is 0 Å². The lowest BCUT2D eigenvalue weighted by Gasteiger charge is -2.44. The third kappa shape index (κ3) is 1.47. The molecule has 1 rings (SSSR count). The van der Waals surface area contributed by atoms with Crippen molar-refractivity contribution in [2.45, 2.75) is 45.2 Å². The normalized spacial score (nSPS) is 28.8. The van der Waals surface area contributed by atoms with E-state index >= 15 is 0 Å². The van der Waals surface area contributed by atoms with Crippen molar-refractivity contribution in [2.24, 2.45) is 0 Å². The summed E-state index contributed by atoms with van der Waals surface area (Å²) in [5, 5.41) is 11.1. The van der Waals surface area contributed by atoms with E-state index in [1.54, 1.807) is 0 Å². The predicted molar refractivity (Wildman–Crippen MR) is 44.2 cm³/mol. The molecule has 0 aromatic heterocycles. The molecule has 1 N–H and O–H groups in total. The molecule has 0 aliphatic carbocycles. The summed E-state index contributed by atoms with van der Waals surface area (Å²) in [4.78, 5) is 0. The molecule has 1 heterocycles. The third-order valence-corrected chi connectivity index (χ3v) is 2.11. The lowest BCUT2D eigenvalue weighted by molar-refractivity contribution is -0.213. The summed E-state index contributed by atoms with van der Waals surface area (Å²) in [6, 6.07) is 0. The number of hydroxylamine groups is 2. The third-order valence-electron chi connectivity index (χ3n) is 2.11. The molecule has 0 aromatic carbocycles. The standard InChI is InChI=1S/C9H16NO/c1-8(2)6-5-7-9(3,4)10(8)11/h6,11H,7H2,1-4H3. The minimum atomic E-state index is -0.276. The van der Waals surface area contributed by atoms with E-state index in [1.807, 2.05) is 33.8 Å². The van der Waals surface area contributed by atoms with Crippen molar-refractivity contribution in [1.82, 2.24) is 5.06 Å². The minimum Gasteiger partial charge on any atom is -0.313 e. The lowest BCUT2D eigenvalue weighted by Crippen LogP contribution is -2.54. The van der Waals surface area contributed by atoms with Gasteiger partial charge in [0, 0.05) is 5.54 Å². The first kappa shape index (κ1) is 8.75. The van der Waals surface area contributed by atoms with Gasteiger partial charge in [-0.15, -0.1) is 0 Å². The van der Waals surface area contributed by atoms with E-state index in [9.17, 15) is 5.21 Å². The topological polar surface area (TPSA) is 23.5 Å². The van der Waals surface area contributed by atoms with Crippen LogP contribution in [0.2, 0.25) is 0 Å². The molecule has 0 saturated carbocycles. The molecule has 1 aliphatic rings. The van der Waals surface area contributed by atoms with Crippen LogP contribution >= 0.6 is 0 Å². The number of hydrogen-bond donors (Lipinski definition) is 1. The van der Waals surface area contributed by atoms with E-state index in [2.05, 4.69) is 6.08 Å². The average Bonchev–Trinajstić information content (AvgIpc) is 1.82. The minimum absolute atomic E-state index is 0.182. The summed E-state index contributed by atoms with van der Waals surface area (Å²) in [5.41, 5.74) is -0.458. The molecule has 0 bridgehead atoms. The van der Waals surface area contributed by atoms with Gasteiger partial charge in [-0.25, -0.2) is 0 Å². The van der Waals surface area contributed by atoms with Crippen molar-refractivity contribution in [3.8, 4) is 0 Å². The molecule has 1 aliphatic heterocycles. The Hall–Kier alpha value is -0.340. The van der Waals surface area contributed by atoms with Crippen LogP contribution in [0.15, 0.2) is 6.08 Å². The van der Waals surface area contributed by atoms with E-state index in [0.717, 1.165) is 6.42 Å². The highest BCUT2D eigenvalue weighted by molar-refractivity contribution is 5.06. The molecule has 0 aromatic rings. The molecule has 0 fully saturated rings. The molecule has 2 nitrogen and oxygen atoms in total. The molecule has 0 spiro atoms. The second-order valence-corrected chi connectivity index (χ2v) is 4.30. The summed E-state index contributed by atoms with van der Waals surface area (Å²) in [5.74, 6) is 0. The highest BCUT2D eigenvalue weighted by Gasteiger charge is 2.37. The largest absolute Gasteiger partial charge is 0.313 e. The van der Waals surface area contributed by atoms with Gasteiger partial charge in [-0.1, -0.05) is 6.08 Å². The molecular weight excluding hydrogens is 138 g/mol. The molecule has 2 heteroatoms. The molecule has 0 unspecified atom stereocenters. The maximum absolute atomic E-state index is 9.73. The molecular formula is C9H16NO. The van der Waals surface area contributed by atoms with Gasteiger partial charge in [0.15, 0.2) is 0 Å². The van der Waals surface area contributed by atoms with Crippen molar-refractivity contribution >= 4 is 0 Å². The number of nitrogens with zero attached hydrogens (tertiary/aromatic N) is 1. The smallest absolute Gasteiger partial charge is 0.0595 e. The first-order valence-electron chi connectivity index (χ1n) is 3.93. The Labute approximate surface area is 68.5 Å². The van der Waals surface area contributed by atoms with Crippen LogP contribution in [0, 0.1) is 6.08 Å². The zero-order valence-electron chi connectivity index (χ0n) is 7.68. The summed E-state index contributed by atoms with van der Waals surface area (Å²) in [6.07, 6.45) is 5.87. The SMILES string of the molecule is CC1(C)C=[C]CC(C)(C)N1O. The monoisotopic (exact) mass is 154 g/mol. The number of hydrogen-bond acceptors (Lipinski definition) is 2. The molecule has 63 valence electrons. The van der Waals surface area contributed by atoms with Crippen molar-refractivity contribution in [3.63, 3.8) is 0 Å². The Balaban J connectivity index is 2.91. The van der Waals surface area contributed by atoms with Crippen LogP contribution < -0.4 is 0 Å². The van der Waals surface area contributed by atoms with E-state index in [-0.39, 0.29) is 11.1 Å². The Morgan fingerprint density at radius 2 is 1.91 bits per heavy atom. The lowest BCUT2D eigenvalue weighted by atomic mass is 9.88. The van der Waals surface area contributed by atoms with Crippen molar-refractivity contribution in [1.29, 1.82) is 0 Å². The van der Waals surface area contributed by atoms with Crippen molar-refractivity contribution in [3.05, 3.63) is 12.2 Å². The molecule has 0 atom stereocenters. The molecule has 0 amide bonds. The van der Waals surface area contributed by atoms with Gasteiger partial charge in [-0.05, 0) is 40.2 Å². The van der Waals surface area contributed by atoms with Crippen molar-refractivity contribution < 1.29 is 5.21 Å². The van der Waals surface area contributed by atoms with E-state index in [4.69, 9.17) is 0 Å². The van der Waals surface area contributed by atoms with Crippen LogP contribution in [0.4, 0.5) is 0 Å². The average molecular weight is 154 g/mol. The van der Waals surface area contributed by atoms with E-state index in [1.165, 1.54) is 5.06 Å². The summed E-state index contributed by atoms with van der Waals surface area (Å²) >= 11 is 0. The predicted octanol–water partition coefficient (Wildman–Crippen LogP) is 2.00. The quantitative estimate of drug-likeness (QED) is 0.577. The van der Waals surface area contributed by atoms with Gasteiger partial charge in [0.2, 0.25) is 0 Å². The van der Waals surface area contributed by atoms with Crippen molar-refractivity contribution in [2.75, 3.05) is 0 Å². The first-order chi connectivity index (χ1) is 4.86. The highest BCUT2D eigenvalue weighted by Crippen LogP contribution is 2.30. The van der Waals surface area contributed by atoms with Gasteiger partial charge >= 0.3 is 0 Å². The second-order valence-electron chi connectivity index (χ2n) is 4.30. The zero-order valence-corrected chi connectivity index (χ0v) is 7.68. The van der Waals surface area contributed by atoms with Gasteiger partial charge < -0.3 is 5.21 Å². The zero-order chi connectivity index (χ0) is 8.70. The maximum atomic E-state index is 9.73. The van der Waals surface area contributed by atoms with Gasteiger partial charge in [0.25, 0.3) is 0 Å². The summed E-state index contributed by atoms with van der Waals surface area (Å²) in [7, 11) is 0. The fraction of sp³-hybridized carbons (Fsp3) is 0.778. The fourth-order valence-corrected chi connectivity index (χ4v) is 1.47. The fourth-order valence-electron chi connectivity index (χ4n) is 1.47. The summed E-state index contributed by atoms with van der Waals surface area (Å²) < 4.78 is 0. The van der Waals surface area contributed by atoms with Crippen LogP contribution in [0.25, 0.3) is 0 Å². The van der Waals surface area contributed by atoms with Crippen LogP contribution in [0.5, 0.6) is 0 Å². The van der Waals surface area contributed by atoms with Crippen LogP contribution in [-0.4, -0.2) is 21.3 Å². The van der Waals surface area contributed by atoms with Crippen LogP contribution in [-0.2, 0) is 0 Å². The Kier molecular flexibility index (Phi) is 1.85. The van der Waals surface area contributed by atoms with Crippen LogP contribution in [0.3, 0.4) is 0 Å². The highest BCUT2D eigenvalue weighted by atomic mass is 16.5. The molecule has 0 saturated heterocycles. The molecule has 1 radical (unpaired) electrons. The van der Waals surface area contributed by atoms with Gasteiger partial charge in [0.05, 0.1) is 5.54 Å². The second kappa shape index (κ2) is 2.32. The Morgan fingerprint density at radius 1 is 1.36 bits per heavy atom. The number of rotatable bonds is 0.